The fraction of sp³-hybridized carbons (Fsp3) is 0.545. The molecule has 0 N–H and O–H groups in total. The Morgan fingerprint density at radius 3 is 2.17 bits per heavy atom. The van der Waals surface area contributed by atoms with Crippen LogP contribution in [0.1, 0.15) is 26.7 Å². The highest BCUT2D eigenvalue weighted by molar-refractivity contribution is 5.86. The first-order valence-electron chi connectivity index (χ1n) is 4.36. The average Bonchev–Trinajstić information content (AvgIpc) is 2.30. The number of hydrogen-bond donors (Lipinski definition) is 0. The van der Waals surface area contributed by atoms with Crippen LogP contribution in [0.2, 0.25) is 0 Å². The van der Waals surface area contributed by atoms with Crippen LogP contribution >= 0.6 is 0 Å². The molecular formula is C11H16O. The van der Waals surface area contributed by atoms with Gasteiger partial charge in [0.1, 0.15) is 5.78 Å². The molecule has 0 heterocycles. The van der Waals surface area contributed by atoms with Crippen molar-refractivity contribution < 1.29 is 4.79 Å². The molecule has 0 aliphatic heterocycles. The third-order valence-electron chi connectivity index (χ3n) is 2.65. The van der Waals surface area contributed by atoms with E-state index in [-0.39, 0.29) is 5.92 Å². The molecular weight excluding hydrogens is 148 g/mol. The monoisotopic (exact) mass is 164 g/mol. The number of allylic oxidation sites excluding steroid dienone is 2. The smallest absolute Gasteiger partial charge is 0.140 e. The normalized spacial score (nSPS) is 29.0. The molecule has 0 saturated heterocycles. The van der Waals surface area contributed by atoms with Crippen molar-refractivity contribution in [3.8, 4) is 0 Å². The van der Waals surface area contributed by atoms with Gasteiger partial charge in [0.2, 0.25) is 0 Å². The van der Waals surface area contributed by atoms with E-state index in [1.165, 1.54) is 0 Å². The van der Waals surface area contributed by atoms with Gasteiger partial charge in [-0.1, -0.05) is 24.3 Å². The van der Waals surface area contributed by atoms with Crippen molar-refractivity contribution in [1.29, 1.82) is 0 Å². The number of hydrogen-bond acceptors (Lipinski definition) is 1. The molecule has 66 valence electrons. The predicted molar refractivity (Wildman–Crippen MR) is 50.8 cm³/mol. The minimum absolute atomic E-state index is 0.103. The van der Waals surface area contributed by atoms with Crippen molar-refractivity contribution in [2.45, 2.75) is 26.7 Å². The van der Waals surface area contributed by atoms with Crippen molar-refractivity contribution in [3.63, 3.8) is 0 Å². The Hall–Kier alpha value is -0.850. The Morgan fingerprint density at radius 1 is 1.33 bits per heavy atom. The standard InChI is InChI=1S/C11H16O/c1-7(2)9-5-10(8(3)4)11(12)6-9/h9-10H,1,3,5-6H2,2,4H3. The third kappa shape index (κ3) is 1.66. The van der Waals surface area contributed by atoms with Gasteiger partial charge in [-0.05, 0) is 26.2 Å². The van der Waals surface area contributed by atoms with Gasteiger partial charge in [-0.3, -0.25) is 4.79 Å². The van der Waals surface area contributed by atoms with Crippen LogP contribution < -0.4 is 0 Å². The summed E-state index contributed by atoms with van der Waals surface area (Å²) in [4.78, 5) is 11.4. The quantitative estimate of drug-likeness (QED) is 0.573. The molecule has 0 amide bonds. The first-order chi connectivity index (χ1) is 5.52. The SMILES string of the molecule is C=C(C)C1CC(=O)C(C(=C)C)C1. The molecule has 1 rings (SSSR count). The molecule has 2 atom stereocenters. The fourth-order valence-corrected chi connectivity index (χ4v) is 1.74. The molecule has 0 aromatic carbocycles. The summed E-state index contributed by atoms with van der Waals surface area (Å²) in [6.45, 7) is 11.6. The van der Waals surface area contributed by atoms with Gasteiger partial charge in [0.15, 0.2) is 0 Å². The van der Waals surface area contributed by atoms with Gasteiger partial charge >= 0.3 is 0 Å². The largest absolute Gasteiger partial charge is 0.299 e. The molecule has 1 saturated carbocycles. The molecule has 0 radical (unpaired) electrons. The number of carbonyl (C=O) groups is 1. The summed E-state index contributed by atoms with van der Waals surface area (Å²) >= 11 is 0. The second kappa shape index (κ2) is 3.26. The lowest BCUT2D eigenvalue weighted by atomic mass is 9.95. The topological polar surface area (TPSA) is 17.1 Å². The molecule has 1 nitrogen and oxygen atoms in total. The van der Waals surface area contributed by atoms with Gasteiger partial charge in [-0.15, -0.1) is 0 Å². The summed E-state index contributed by atoms with van der Waals surface area (Å²) in [6.07, 6.45) is 1.61. The van der Waals surface area contributed by atoms with Crippen LogP contribution in [0, 0.1) is 11.8 Å². The van der Waals surface area contributed by atoms with Crippen molar-refractivity contribution in [3.05, 3.63) is 24.3 Å². The van der Waals surface area contributed by atoms with E-state index >= 15 is 0 Å². The van der Waals surface area contributed by atoms with Gasteiger partial charge in [0.05, 0.1) is 0 Å². The lowest BCUT2D eigenvalue weighted by Gasteiger charge is -2.08. The molecule has 1 fully saturated rings. The summed E-state index contributed by atoms with van der Waals surface area (Å²) in [7, 11) is 0. The van der Waals surface area contributed by atoms with E-state index in [0.29, 0.717) is 18.1 Å². The van der Waals surface area contributed by atoms with E-state index < -0.39 is 0 Å². The first-order valence-corrected chi connectivity index (χ1v) is 4.36. The third-order valence-corrected chi connectivity index (χ3v) is 2.65. The van der Waals surface area contributed by atoms with E-state index in [0.717, 1.165) is 17.6 Å². The highest BCUT2D eigenvalue weighted by Crippen LogP contribution is 2.35. The zero-order chi connectivity index (χ0) is 9.30. The fourth-order valence-electron chi connectivity index (χ4n) is 1.74. The lowest BCUT2D eigenvalue weighted by Crippen LogP contribution is -2.05. The summed E-state index contributed by atoms with van der Waals surface area (Å²) in [5.41, 5.74) is 2.14. The highest BCUT2D eigenvalue weighted by atomic mass is 16.1. The Kier molecular flexibility index (Phi) is 2.51. The lowest BCUT2D eigenvalue weighted by molar-refractivity contribution is -0.119. The second-order valence-electron chi connectivity index (χ2n) is 3.85. The zero-order valence-corrected chi connectivity index (χ0v) is 7.89. The van der Waals surface area contributed by atoms with Crippen LogP contribution in [-0.2, 0) is 4.79 Å². The highest BCUT2D eigenvalue weighted by Gasteiger charge is 2.32. The molecule has 12 heavy (non-hydrogen) atoms. The maximum Gasteiger partial charge on any atom is 0.140 e. The minimum atomic E-state index is 0.103. The maximum absolute atomic E-state index is 11.4. The summed E-state index contributed by atoms with van der Waals surface area (Å²) < 4.78 is 0. The predicted octanol–water partition coefficient (Wildman–Crippen LogP) is 2.73. The van der Waals surface area contributed by atoms with Crippen LogP contribution in [0.15, 0.2) is 24.3 Å². The van der Waals surface area contributed by atoms with E-state index in [2.05, 4.69) is 13.2 Å². The summed E-state index contributed by atoms with van der Waals surface area (Å²) in [5.74, 6) is 0.849. The molecule has 1 aliphatic rings. The number of Topliss-reactive ketones (excluding diaryl/α,β-unsaturated/α-hetero) is 1. The average molecular weight is 164 g/mol. The van der Waals surface area contributed by atoms with Crippen molar-refractivity contribution in [1.82, 2.24) is 0 Å². The van der Waals surface area contributed by atoms with E-state index in [9.17, 15) is 4.79 Å². The van der Waals surface area contributed by atoms with Crippen LogP contribution in [-0.4, -0.2) is 5.78 Å². The van der Waals surface area contributed by atoms with Gasteiger partial charge < -0.3 is 0 Å². The van der Waals surface area contributed by atoms with Gasteiger partial charge in [-0.2, -0.15) is 0 Å². The van der Waals surface area contributed by atoms with Crippen molar-refractivity contribution in [2.75, 3.05) is 0 Å². The molecule has 0 bridgehead atoms. The maximum atomic E-state index is 11.4. The molecule has 2 unspecified atom stereocenters. The molecule has 0 aromatic rings. The molecule has 0 aromatic heterocycles. The van der Waals surface area contributed by atoms with Gasteiger partial charge in [-0.25, -0.2) is 0 Å². The zero-order valence-electron chi connectivity index (χ0n) is 7.89. The Morgan fingerprint density at radius 2 is 1.92 bits per heavy atom. The Bertz CT molecular complexity index is 237. The van der Waals surface area contributed by atoms with Crippen molar-refractivity contribution >= 4 is 5.78 Å². The van der Waals surface area contributed by atoms with Crippen LogP contribution in [0.25, 0.3) is 0 Å². The van der Waals surface area contributed by atoms with Gasteiger partial charge in [0, 0.05) is 12.3 Å². The minimum Gasteiger partial charge on any atom is -0.299 e. The van der Waals surface area contributed by atoms with Crippen LogP contribution in [0.3, 0.4) is 0 Å². The summed E-state index contributed by atoms with van der Waals surface area (Å²) in [5, 5.41) is 0. The number of carbonyl (C=O) groups excluding carboxylic acids is 1. The second-order valence-corrected chi connectivity index (χ2v) is 3.85. The molecule has 0 spiro atoms. The first kappa shape index (κ1) is 9.24. The number of rotatable bonds is 2. The van der Waals surface area contributed by atoms with E-state index in [4.69, 9.17) is 0 Å². The van der Waals surface area contributed by atoms with Crippen LogP contribution in [0.5, 0.6) is 0 Å². The van der Waals surface area contributed by atoms with Gasteiger partial charge in [0.25, 0.3) is 0 Å². The van der Waals surface area contributed by atoms with E-state index in [1.807, 2.05) is 13.8 Å². The Balaban J connectivity index is 2.68. The molecule has 1 aliphatic carbocycles. The van der Waals surface area contributed by atoms with Crippen LogP contribution in [0.4, 0.5) is 0 Å². The van der Waals surface area contributed by atoms with E-state index in [1.54, 1.807) is 0 Å². The summed E-state index contributed by atoms with van der Waals surface area (Å²) in [6, 6.07) is 0. The van der Waals surface area contributed by atoms with Crippen molar-refractivity contribution in [2.24, 2.45) is 11.8 Å². The molecule has 1 heteroatoms. The number of ketones is 1. The Labute approximate surface area is 74.2 Å².